The van der Waals surface area contributed by atoms with Crippen molar-refractivity contribution in [2.75, 3.05) is 31.6 Å². The first-order valence-electron chi connectivity index (χ1n) is 9.58. The van der Waals surface area contributed by atoms with Crippen molar-refractivity contribution in [2.24, 2.45) is 4.99 Å². The molecule has 0 aliphatic heterocycles. The van der Waals surface area contributed by atoms with E-state index in [1.807, 2.05) is 49.4 Å². The Morgan fingerprint density at radius 2 is 1.67 bits per heavy atom. The molecule has 0 fully saturated rings. The average molecular weight is 564 g/mol. The molecule has 0 saturated carbocycles. The molecule has 0 aliphatic carbocycles. The predicted molar refractivity (Wildman–Crippen MR) is 136 cm³/mol. The highest BCUT2D eigenvalue weighted by Gasteiger charge is 2.06. The minimum atomic E-state index is -3.17. The Morgan fingerprint density at radius 3 is 2.27 bits per heavy atom. The molecular weight excluding hydrogens is 533 g/mol. The second-order valence-corrected chi connectivity index (χ2v) is 10.2. The molecule has 0 bridgehead atoms. The number of nitrogens with zero attached hydrogens (tertiary/aromatic N) is 1. The van der Waals surface area contributed by atoms with Crippen LogP contribution in [0.2, 0.25) is 0 Å². The van der Waals surface area contributed by atoms with Gasteiger partial charge in [-0.05, 0) is 36.6 Å². The van der Waals surface area contributed by atoms with E-state index < -0.39 is 20.6 Å². The molecule has 0 saturated heterocycles. The maximum atomic E-state index is 12.2. The molecule has 1 unspecified atom stereocenters. The van der Waals surface area contributed by atoms with Gasteiger partial charge in [0.1, 0.15) is 0 Å². The van der Waals surface area contributed by atoms with Crippen LogP contribution in [0.15, 0.2) is 64.5 Å². The van der Waals surface area contributed by atoms with E-state index in [1.54, 1.807) is 12.1 Å². The average Bonchev–Trinajstić information content (AvgIpc) is 2.68. The molecule has 1 atom stereocenters. The van der Waals surface area contributed by atoms with Crippen molar-refractivity contribution >= 4 is 50.6 Å². The van der Waals surface area contributed by atoms with Crippen molar-refractivity contribution in [3.05, 3.63) is 65.7 Å². The van der Waals surface area contributed by atoms with E-state index in [9.17, 15) is 12.6 Å². The third-order valence-electron chi connectivity index (χ3n) is 4.16. The quantitative estimate of drug-likeness (QED) is 0.264. The third kappa shape index (κ3) is 10.0. The standard InChI is InChI=1S/C21H29N3O3S2.HI/c1-3-22-21(24-15-16-28(25)17-19-7-5-4-6-8-19)23-14-13-18-9-11-20(12-10-18)29(2,26)27;/h4-12H,3,13-17H2,1-2H3,(H2,22,23,24);1H. The Hall–Kier alpha value is -1.46. The van der Waals surface area contributed by atoms with E-state index in [4.69, 9.17) is 0 Å². The van der Waals surface area contributed by atoms with Crippen molar-refractivity contribution in [3.8, 4) is 0 Å². The van der Waals surface area contributed by atoms with E-state index in [2.05, 4.69) is 15.6 Å². The molecule has 2 rings (SSSR count). The van der Waals surface area contributed by atoms with Crippen LogP contribution in [0.4, 0.5) is 0 Å². The first kappa shape index (κ1) is 26.6. The number of hydrogen-bond acceptors (Lipinski definition) is 4. The molecule has 2 N–H and O–H groups in total. The molecule has 30 heavy (non-hydrogen) atoms. The summed E-state index contributed by atoms with van der Waals surface area (Å²) >= 11 is 0. The van der Waals surface area contributed by atoms with Crippen molar-refractivity contribution in [2.45, 2.75) is 24.0 Å². The van der Waals surface area contributed by atoms with Gasteiger partial charge in [-0.1, -0.05) is 42.5 Å². The van der Waals surface area contributed by atoms with Crippen molar-refractivity contribution in [1.29, 1.82) is 0 Å². The minimum absolute atomic E-state index is 0. The van der Waals surface area contributed by atoms with Gasteiger partial charge in [0.05, 0.1) is 11.4 Å². The first-order valence-corrected chi connectivity index (χ1v) is 13.0. The van der Waals surface area contributed by atoms with E-state index in [0.29, 0.717) is 35.5 Å². The number of benzene rings is 2. The zero-order valence-corrected chi connectivity index (χ0v) is 21.3. The van der Waals surface area contributed by atoms with E-state index >= 15 is 0 Å². The van der Waals surface area contributed by atoms with Crippen LogP contribution in [-0.4, -0.2) is 50.2 Å². The van der Waals surface area contributed by atoms with E-state index in [0.717, 1.165) is 24.1 Å². The van der Waals surface area contributed by atoms with Crippen LogP contribution >= 0.6 is 24.0 Å². The van der Waals surface area contributed by atoms with Crippen LogP contribution in [-0.2, 0) is 32.8 Å². The largest absolute Gasteiger partial charge is 0.357 e. The lowest BCUT2D eigenvalue weighted by Gasteiger charge is -2.11. The molecular formula is C21H30IN3O3S2. The van der Waals surface area contributed by atoms with Crippen LogP contribution < -0.4 is 10.6 Å². The molecule has 0 heterocycles. The Bertz CT molecular complexity index is 918. The van der Waals surface area contributed by atoms with Crippen LogP contribution in [0.3, 0.4) is 0 Å². The highest BCUT2D eigenvalue weighted by Crippen LogP contribution is 2.10. The molecule has 9 heteroatoms. The van der Waals surface area contributed by atoms with Gasteiger partial charge in [0.2, 0.25) is 0 Å². The summed E-state index contributed by atoms with van der Waals surface area (Å²) in [5, 5.41) is 6.44. The molecule has 0 aliphatic rings. The Labute approximate surface area is 199 Å². The van der Waals surface area contributed by atoms with Crippen molar-refractivity contribution in [3.63, 3.8) is 0 Å². The van der Waals surface area contributed by atoms with E-state index in [-0.39, 0.29) is 24.0 Å². The van der Waals surface area contributed by atoms with Gasteiger partial charge in [-0.15, -0.1) is 24.0 Å². The summed E-state index contributed by atoms with van der Waals surface area (Å²) in [5.41, 5.74) is 2.12. The topological polar surface area (TPSA) is 87.6 Å². The van der Waals surface area contributed by atoms with Gasteiger partial charge < -0.3 is 10.6 Å². The highest BCUT2D eigenvalue weighted by atomic mass is 127. The van der Waals surface area contributed by atoms with Gasteiger partial charge in [0.15, 0.2) is 15.8 Å². The van der Waals surface area contributed by atoms with E-state index in [1.165, 1.54) is 6.26 Å². The van der Waals surface area contributed by atoms with Crippen molar-refractivity contribution < 1.29 is 12.6 Å². The second-order valence-electron chi connectivity index (χ2n) is 6.63. The lowest BCUT2D eigenvalue weighted by Crippen LogP contribution is -2.38. The zero-order valence-electron chi connectivity index (χ0n) is 17.3. The maximum Gasteiger partial charge on any atom is 0.191 e. The molecule has 2 aromatic carbocycles. The predicted octanol–water partition coefficient (Wildman–Crippen LogP) is 2.75. The van der Waals surface area contributed by atoms with Gasteiger partial charge >= 0.3 is 0 Å². The van der Waals surface area contributed by atoms with Gasteiger partial charge in [-0.25, -0.2) is 8.42 Å². The molecule has 6 nitrogen and oxygen atoms in total. The smallest absolute Gasteiger partial charge is 0.191 e. The molecule has 166 valence electrons. The maximum absolute atomic E-state index is 12.2. The molecule has 2 aromatic rings. The number of aliphatic imine (C=N–C) groups is 1. The van der Waals surface area contributed by atoms with Crippen LogP contribution in [0.25, 0.3) is 0 Å². The fourth-order valence-electron chi connectivity index (χ4n) is 2.66. The Morgan fingerprint density at radius 1 is 1.00 bits per heavy atom. The number of rotatable bonds is 10. The van der Waals surface area contributed by atoms with Gasteiger partial charge in [0.25, 0.3) is 0 Å². The fourth-order valence-corrected chi connectivity index (χ4v) is 4.30. The summed E-state index contributed by atoms with van der Waals surface area (Å²) in [5.74, 6) is 1.75. The number of sulfone groups is 1. The summed E-state index contributed by atoms with van der Waals surface area (Å²) in [7, 11) is -4.12. The number of halogens is 1. The van der Waals surface area contributed by atoms with Gasteiger partial charge in [0, 0.05) is 41.7 Å². The highest BCUT2D eigenvalue weighted by molar-refractivity contribution is 14.0. The summed E-state index contributed by atoms with van der Waals surface area (Å²) < 4.78 is 35.2. The SMILES string of the molecule is CCNC(=NCCS(=O)Cc1ccccc1)NCCc1ccc(S(C)(=O)=O)cc1.I. The van der Waals surface area contributed by atoms with Crippen molar-refractivity contribution in [1.82, 2.24) is 10.6 Å². The van der Waals surface area contributed by atoms with Crippen LogP contribution in [0, 0.1) is 0 Å². The number of guanidine groups is 1. The normalized spacial score (nSPS) is 12.7. The number of nitrogens with one attached hydrogen (secondary N) is 2. The lowest BCUT2D eigenvalue weighted by atomic mass is 10.1. The fraction of sp³-hybridized carbons (Fsp3) is 0.381. The van der Waals surface area contributed by atoms with Crippen LogP contribution in [0.5, 0.6) is 0 Å². The molecule has 0 radical (unpaired) electrons. The molecule has 0 amide bonds. The lowest BCUT2D eigenvalue weighted by molar-refractivity contribution is 0.602. The molecule has 0 aromatic heterocycles. The van der Waals surface area contributed by atoms with Crippen LogP contribution in [0.1, 0.15) is 18.1 Å². The summed E-state index contributed by atoms with van der Waals surface area (Å²) in [6.45, 7) is 3.88. The second kappa shape index (κ2) is 13.8. The summed E-state index contributed by atoms with van der Waals surface area (Å²) in [6, 6.07) is 16.7. The minimum Gasteiger partial charge on any atom is -0.357 e. The summed E-state index contributed by atoms with van der Waals surface area (Å²) in [4.78, 5) is 4.82. The van der Waals surface area contributed by atoms with Gasteiger partial charge in [-0.3, -0.25) is 9.20 Å². The Balaban J connectivity index is 0.00000450. The van der Waals surface area contributed by atoms with Gasteiger partial charge in [-0.2, -0.15) is 0 Å². The molecule has 0 spiro atoms. The monoisotopic (exact) mass is 563 g/mol. The Kier molecular flexibility index (Phi) is 12.2. The first-order chi connectivity index (χ1) is 13.9. The summed E-state index contributed by atoms with van der Waals surface area (Å²) in [6.07, 6.45) is 1.95. The zero-order chi connectivity index (χ0) is 21.1. The number of hydrogen-bond donors (Lipinski definition) is 2. The third-order valence-corrected chi connectivity index (χ3v) is 6.58.